The van der Waals surface area contributed by atoms with Crippen molar-refractivity contribution in [1.29, 1.82) is 0 Å². The highest BCUT2D eigenvalue weighted by Gasteiger charge is 2.13. The number of hydrogen-bond acceptors (Lipinski definition) is 2. The number of hydrogen-bond donors (Lipinski definition) is 1. The molecule has 0 saturated carbocycles. The van der Waals surface area contributed by atoms with Gasteiger partial charge in [-0.3, -0.25) is 0 Å². The molecular weight excluding hydrogens is 281 g/mol. The fourth-order valence-corrected chi connectivity index (χ4v) is 2.53. The van der Waals surface area contributed by atoms with Crippen LogP contribution < -0.4 is 5.32 Å². The maximum absolute atomic E-state index is 6.21. The van der Waals surface area contributed by atoms with Crippen molar-refractivity contribution in [2.45, 2.75) is 18.9 Å². The number of likely N-dealkylation sites (N-methyl/N-ethyl adjacent to an activating group) is 1. The zero-order valence-electron chi connectivity index (χ0n) is 11.0. The van der Waals surface area contributed by atoms with E-state index >= 15 is 0 Å². The Hall–Kier alpha value is -1.03. The van der Waals surface area contributed by atoms with E-state index in [2.05, 4.69) is 10.3 Å². The largest absolute Gasteiger partial charge is 0.338 e. The van der Waals surface area contributed by atoms with Crippen molar-refractivity contribution in [3.05, 3.63) is 52.0 Å². The van der Waals surface area contributed by atoms with E-state index in [1.165, 1.54) is 0 Å². The molecule has 1 N–H and O–H groups in total. The Kier molecular flexibility index (Phi) is 4.86. The molecular formula is C14H17Cl2N3. The van der Waals surface area contributed by atoms with Gasteiger partial charge in [0.05, 0.1) is 0 Å². The first-order chi connectivity index (χ1) is 9.10. The highest BCUT2D eigenvalue weighted by molar-refractivity contribution is 6.35. The molecule has 0 amide bonds. The molecule has 0 fully saturated rings. The summed E-state index contributed by atoms with van der Waals surface area (Å²) in [5.74, 6) is 1.06. The maximum atomic E-state index is 6.21. The first-order valence-electron chi connectivity index (χ1n) is 6.17. The summed E-state index contributed by atoms with van der Waals surface area (Å²) in [6.45, 7) is 0. The number of nitrogens with one attached hydrogen (secondary N) is 1. The van der Waals surface area contributed by atoms with Gasteiger partial charge in [-0.25, -0.2) is 4.98 Å². The van der Waals surface area contributed by atoms with Crippen LogP contribution in [0.4, 0.5) is 0 Å². The van der Waals surface area contributed by atoms with Crippen molar-refractivity contribution in [2.75, 3.05) is 7.05 Å². The number of benzene rings is 1. The van der Waals surface area contributed by atoms with Gasteiger partial charge in [-0.05, 0) is 31.2 Å². The van der Waals surface area contributed by atoms with Crippen LogP contribution in [0.15, 0.2) is 30.6 Å². The van der Waals surface area contributed by atoms with E-state index in [0.717, 1.165) is 24.2 Å². The highest BCUT2D eigenvalue weighted by Crippen LogP contribution is 2.22. The molecule has 0 aliphatic carbocycles. The highest BCUT2D eigenvalue weighted by atomic mass is 35.5. The maximum Gasteiger partial charge on any atom is 0.109 e. The summed E-state index contributed by atoms with van der Waals surface area (Å²) in [6.07, 6.45) is 5.48. The van der Waals surface area contributed by atoms with Crippen LogP contribution in [0, 0.1) is 0 Å². The smallest absolute Gasteiger partial charge is 0.109 e. The van der Waals surface area contributed by atoms with Crippen LogP contribution in [0.1, 0.15) is 11.4 Å². The molecule has 0 radical (unpaired) electrons. The van der Waals surface area contributed by atoms with Gasteiger partial charge in [0.2, 0.25) is 0 Å². The van der Waals surface area contributed by atoms with E-state index in [1.54, 1.807) is 6.07 Å². The summed E-state index contributed by atoms with van der Waals surface area (Å²) in [7, 11) is 3.96. The molecule has 1 heterocycles. The number of aryl methyl sites for hydroxylation is 1. The van der Waals surface area contributed by atoms with Crippen molar-refractivity contribution in [3.63, 3.8) is 0 Å². The zero-order chi connectivity index (χ0) is 13.8. The molecule has 0 aliphatic heterocycles. The van der Waals surface area contributed by atoms with E-state index in [9.17, 15) is 0 Å². The Morgan fingerprint density at radius 3 is 2.68 bits per heavy atom. The summed E-state index contributed by atoms with van der Waals surface area (Å²) >= 11 is 12.1. The molecule has 2 aromatic rings. The molecule has 0 spiro atoms. The number of rotatable bonds is 5. The average Bonchev–Trinajstić information content (AvgIpc) is 2.77. The van der Waals surface area contributed by atoms with Gasteiger partial charge >= 0.3 is 0 Å². The van der Waals surface area contributed by atoms with E-state index in [4.69, 9.17) is 23.2 Å². The number of imidazole rings is 1. The molecule has 0 aliphatic rings. The fraction of sp³-hybridized carbons (Fsp3) is 0.357. The van der Waals surface area contributed by atoms with Crippen LogP contribution in [-0.4, -0.2) is 22.6 Å². The molecule has 1 aromatic carbocycles. The predicted octanol–water partition coefficient (Wildman–Crippen LogP) is 3.10. The van der Waals surface area contributed by atoms with Gasteiger partial charge in [-0.2, -0.15) is 0 Å². The Balaban J connectivity index is 2.09. The molecule has 1 unspecified atom stereocenters. The van der Waals surface area contributed by atoms with Gasteiger partial charge in [-0.15, -0.1) is 0 Å². The van der Waals surface area contributed by atoms with Crippen LogP contribution in [0.5, 0.6) is 0 Å². The van der Waals surface area contributed by atoms with Crippen LogP contribution in [0.25, 0.3) is 0 Å². The Morgan fingerprint density at radius 1 is 1.32 bits per heavy atom. The Labute approximate surface area is 123 Å². The van der Waals surface area contributed by atoms with E-state index in [0.29, 0.717) is 16.1 Å². The van der Waals surface area contributed by atoms with Crippen molar-refractivity contribution in [1.82, 2.24) is 14.9 Å². The van der Waals surface area contributed by atoms with Gasteiger partial charge in [0.25, 0.3) is 0 Å². The lowest BCUT2D eigenvalue weighted by Gasteiger charge is -2.17. The molecule has 0 saturated heterocycles. The Bertz CT molecular complexity index is 551. The van der Waals surface area contributed by atoms with E-state index in [1.807, 2.05) is 43.2 Å². The van der Waals surface area contributed by atoms with Gasteiger partial charge in [-0.1, -0.05) is 29.3 Å². The van der Waals surface area contributed by atoms with Gasteiger partial charge in [0, 0.05) is 41.9 Å². The molecule has 0 bridgehead atoms. The third-order valence-electron chi connectivity index (χ3n) is 3.24. The third-order valence-corrected chi connectivity index (χ3v) is 3.83. The van der Waals surface area contributed by atoms with Crippen LogP contribution in [-0.2, 0) is 19.9 Å². The topological polar surface area (TPSA) is 29.9 Å². The molecule has 1 aromatic heterocycles. The molecule has 1 atom stereocenters. The molecule has 3 nitrogen and oxygen atoms in total. The Morgan fingerprint density at radius 2 is 2.11 bits per heavy atom. The lowest BCUT2D eigenvalue weighted by molar-refractivity contribution is 0.534. The van der Waals surface area contributed by atoms with Crippen molar-refractivity contribution in [3.8, 4) is 0 Å². The summed E-state index contributed by atoms with van der Waals surface area (Å²) < 4.78 is 2.04. The molecule has 19 heavy (non-hydrogen) atoms. The molecule has 2 rings (SSSR count). The summed E-state index contributed by atoms with van der Waals surface area (Å²) in [4.78, 5) is 4.35. The average molecular weight is 298 g/mol. The van der Waals surface area contributed by atoms with Gasteiger partial charge in [0.15, 0.2) is 0 Å². The van der Waals surface area contributed by atoms with Crippen molar-refractivity contribution >= 4 is 23.2 Å². The second-order valence-electron chi connectivity index (χ2n) is 4.58. The van der Waals surface area contributed by atoms with Crippen molar-refractivity contribution in [2.24, 2.45) is 7.05 Å². The summed E-state index contributed by atoms with van der Waals surface area (Å²) in [5, 5.41) is 4.69. The summed E-state index contributed by atoms with van der Waals surface area (Å²) in [6, 6.07) is 5.93. The normalized spacial score (nSPS) is 12.6. The molecule has 102 valence electrons. The van der Waals surface area contributed by atoms with Gasteiger partial charge < -0.3 is 9.88 Å². The lowest BCUT2D eigenvalue weighted by Crippen LogP contribution is -2.31. The van der Waals surface area contributed by atoms with E-state index in [-0.39, 0.29) is 0 Å². The minimum Gasteiger partial charge on any atom is -0.338 e. The first kappa shape index (κ1) is 14.4. The number of nitrogens with zero attached hydrogens (tertiary/aromatic N) is 2. The monoisotopic (exact) mass is 297 g/mol. The standard InChI is InChI=1S/C14H17Cl2N3/c1-17-12(9-14-18-5-6-19(14)2)7-10-3-4-11(15)8-13(10)16/h3-6,8,12,17H,7,9H2,1-2H3. The van der Waals surface area contributed by atoms with Crippen LogP contribution in [0.2, 0.25) is 10.0 Å². The predicted molar refractivity (Wildman–Crippen MR) is 79.9 cm³/mol. The zero-order valence-corrected chi connectivity index (χ0v) is 12.5. The minimum atomic E-state index is 0.291. The fourth-order valence-electron chi connectivity index (χ4n) is 2.04. The SMILES string of the molecule is CNC(Cc1ccc(Cl)cc1Cl)Cc1nccn1C. The third kappa shape index (κ3) is 3.72. The van der Waals surface area contributed by atoms with Crippen LogP contribution >= 0.6 is 23.2 Å². The van der Waals surface area contributed by atoms with Crippen molar-refractivity contribution < 1.29 is 0 Å². The van der Waals surface area contributed by atoms with Crippen LogP contribution in [0.3, 0.4) is 0 Å². The van der Waals surface area contributed by atoms with Gasteiger partial charge in [0.1, 0.15) is 5.82 Å². The second kappa shape index (κ2) is 6.42. The number of aromatic nitrogens is 2. The summed E-state index contributed by atoms with van der Waals surface area (Å²) in [5.41, 5.74) is 1.10. The quantitative estimate of drug-likeness (QED) is 0.919. The molecule has 5 heteroatoms. The second-order valence-corrected chi connectivity index (χ2v) is 5.43. The first-order valence-corrected chi connectivity index (χ1v) is 6.93. The minimum absolute atomic E-state index is 0.291. The number of halogens is 2. The lowest BCUT2D eigenvalue weighted by atomic mass is 10.0. The van der Waals surface area contributed by atoms with E-state index < -0.39 is 0 Å².